The summed E-state index contributed by atoms with van der Waals surface area (Å²) in [5.41, 5.74) is 3.85. The summed E-state index contributed by atoms with van der Waals surface area (Å²) >= 11 is 0. The van der Waals surface area contributed by atoms with Gasteiger partial charge in [-0.05, 0) is 74.9 Å². The lowest BCUT2D eigenvalue weighted by atomic mass is 9.87. The minimum absolute atomic E-state index is 0.291. The van der Waals surface area contributed by atoms with Crippen molar-refractivity contribution < 1.29 is 32.5 Å². The largest absolute Gasteiger partial charge is 0.490 e. The number of nitrogens with zero attached hydrogens (tertiary/aromatic N) is 5. The highest BCUT2D eigenvalue weighted by molar-refractivity contribution is 5.82. The van der Waals surface area contributed by atoms with Gasteiger partial charge in [0, 0.05) is 24.5 Å². The number of ether oxygens (including phenoxy) is 2. The van der Waals surface area contributed by atoms with Crippen LogP contribution in [0.3, 0.4) is 0 Å². The number of anilines is 1. The summed E-state index contributed by atoms with van der Waals surface area (Å²) in [4.78, 5) is 20.5. The van der Waals surface area contributed by atoms with Crippen LogP contribution < -0.4 is 15.0 Å². The highest BCUT2D eigenvalue weighted by atomic mass is 19.4. The van der Waals surface area contributed by atoms with Gasteiger partial charge < -0.3 is 24.8 Å². The molecule has 2 bridgehead atoms. The molecule has 2 N–H and O–H groups in total. The summed E-state index contributed by atoms with van der Waals surface area (Å²) in [6, 6.07) is 6.97. The zero-order valence-electron chi connectivity index (χ0n) is 21.7. The first-order valence-corrected chi connectivity index (χ1v) is 13.0. The van der Waals surface area contributed by atoms with E-state index in [9.17, 15) is 13.2 Å². The van der Waals surface area contributed by atoms with Gasteiger partial charge in [0.15, 0.2) is 5.82 Å². The number of methoxy groups -OCH3 is 1. The first kappa shape index (κ1) is 27.1. The first-order chi connectivity index (χ1) is 18.6. The number of halogens is 3. The number of morpholine rings is 1. The molecule has 3 fully saturated rings. The second-order valence-electron chi connectivity index (χ2n) is 10.1. The van der Waals surface area contributed by atoms with E-state index in [-0.39, 0.29) is 0 Å². The van der Waals surface area contributed by atoms with E-state index in [2.05, 4.69) is 39.2 Å². The molecule has 2 atom stereocenters. The topological polar surface area (TPSA) is 115 Å². The maximum atomic E-state index is 10.6. The summed E-state index contributed by atoms with van der Waals surface area (Å²) in [6.45, 7) is 6.08. The van der Waals surface area contributed by atoms with Crippen LogP contribution in [0.5, 0.6) is 6.01 Å². The molecule has 1 aromatic carbocycles. The third-order valence-corrected chi connectivity index (χ3v) is 7.42. The summed E-state index contributed by atoms with van der Waals surface area (Å²) < 4.78 is 45.2. The Bertz CT molecular complexity index is 1330. The minimum Gasteiger partial charge on any atom is -0.475 e. The molecular weight excluding hydrogens is 517 g/mol. The molecule has 2 unspecified atom stereocenters. The van der Waals surface area contributed by atoms with Crippen molar-refractivity contribution in [2.75, 3.05) is 38.2 Å². The lowest BCUT2D eigenvalue weighted by molar-refractivity contribution is -0.192. The number of aromatic nitrogens is 4. The zero-order valence-corrected chi connectivity index (χ0v) is 21.7. The Morgan fingerprint density at radius 1 is 1.08 bits per heavy atom. The number of hydrogen-bond donors (Lipinski definition) is 2. The average Bonchev–Trinajstić information content (AvgIpc) is 3.49. The molecule has 0 amide bonds. The van der Waals surface area contributed by atoms with Crippen molar-refractivity contribution in [3.05, 3.63) is 35.5 Å². The van der Waals surface area contributed by atoms with Crippen molar-refractivity contribution in [2.24, 2.45) is 0 Å². The molecule has 0 saturated carbocycles. The Morgan fingerprint density at radius 2 is 1.72 bits per heavy atom. The molecule has 5 heterocycles. The third kappa shape index (κ3) is 5.93. The number of piperidine rings is 1. The van der Waals surface area contributed by atoms with Crippen LogP contribution >= 0.6 is 0 Å². The van der Waals surface area contributed by atoms with Gasteiger partial charge in [-0.1, -0.05) is 0 Å². The lowest BCUT2D eigenvalue weighted by Crippen LogP contribution is -2.43. The molecule has 3 saturated heterocycles. The van der Waals surface area contributed by atoms with Gasteiger partial charge >= 0.3 is 18.2 Å². The van der Waals surface area contributed by atoms with Crippen LogP contribution in [-0.2, 0) is 9.53 Å². The highest BCUT2D eigenvalue weighted by Crippen LogP contribution is 2.33. The number of carbonyl (C=O) groups is 1. The lowest BCUT2D eigenvalue weighted by Gasteiger charge is -2.33. The molecule has 6 rings (SSSR count). The molecule has 0 radical (unpaired) electrons. The average molecular weight is 549 g/mol. The van der Waals surface area contributed by atoms with Gasteiger partial charge in [-0.25, -0.2) is 9.48 Å². The van der Waals surface area contributed by atoms with Crippen LogP contribution in [0, 0.1) is 6.92 Å². The normalized spacial score (nSPS) is 21.5. The van der Waals surface area contributed by atoms with Crippen LogP contribution in [0.1, 0.15) is 42.7 Å². The second kappa shape index (κ2) is 11.0. The Balaban J connectivity index is 0.000000392. The van der Waals surface area contributed by atoms with Crippen molar-refractivity contribution >= 4 is 22.7 Å². The predicted molar refractivity (Wildman–Crippen MR) is 137 cm³/mol. The number of aryl methyl sites for hydroxylation is 1. The van der Waals surface area contributed by atoms with Crippen molar-refractivity contribution in [1.29, 1.82) is 0 Å². The molecule has 39 heavy (non-hydrogen) atoms. The quantitative estimate of drug-likeness (QED) is 0.505. The minimum atomic E-state index is -5.08. The SMILES string of the molecule is COc1nc(N2CC3CCC(C2)O3)cc(-n2ncc3cc(C)c(C4CCNCC4)cc32)n1.O=C(O)C(F)(F)F. The summed E-state index contributed by atoms with van der Waals surface area (Å²) in [5, 5.41) is 16.4. The Hall–Kier alpha value is -3.45. The van der Waals surface area contributed by atoms with Crippen LogP contribution in [0.2, 0.25) is 0 Å². The van der Waals surface area contributed by atoms with E-state index in [0.29, 0.717) is 24.1 Å². The predicted octanol–water partition coefficient (Wildman–Crippen LogP) is 3.60. The van der Waals surface area contributed by atoms with Crippen LogP contribution in [0.4, 0.5) is 19.0 Å². The Labute approximate surface area is 223 Å². The molecule has 3 aliphatic heterocycles. The van der Waals surface area contributed by atoms with E-state index < -0.39 is 12.1 Å². The number of carboxylic acid groups (broad SMARTS) is 1. The van der Waals surface area contributed by atoms with E-state index in [1.165, 1.54) is 24.0 Å². The molecule has 10 nitrogen and oxygen atoms in total. The van der Waals surface area contributed by atoms with Crippen LogP contribution in [-0.4, -0.2) is 82.5 Å². The molecule has 0 aliphatic carbocycles. The van der Waals surface area contributed by atoms with E-state index in [1.54, 1.807) is 7.11 Å². The smallest absolute Gasteiger partial charge is 0.475 e. The number of benzene rings is 1. The second-order valence-corrected chi connectivity index (χ2v) is 10.1. The van der Waals surface area contributed by atoms with Gasteiger partial charge in [0.1, 0.15) is 5.82 Å². The van der Waals surface area contributed by atoms with E-state index >= 15 is 0 Å². The molecule has 2 aromatic heterocycles. The van der Waals surface area contributed by atoms with Gasteiger partial charge in [-0.15, -0.1) is 0 Å². The Morgan fingerprint density at radius 3 is 2.33 bits per heavy atom. The molecule has 13 heteroatoms. The third-order valence-electron chi connectivity index (χ3n) is 7.42. The number of carboxylic acids is 1. The first-order valence-electron chi connectivity index (χ1n) is 13.0. The van der Waals surface area contributed by atoms with Crippen molar-refractivity contribution in [2.45, 2.75) is 56.9 Å². The zero-order chi connectivity index (χ0) is 27.7. The van der Waals surface area contributed by atoms with Gasteiger partial charge in [0.25, 0.3) is 0 Å². The van der Waals surface area contributed by atoms with Crippen LogP contribution in [0.15, 0.2) is 24.4 Å². The number of hydrogen-bond acceptors (Lipinski definition) is 8. The van der Waals surface area contributed by atoms with Crippen molar-refractivity contribution in [1.82, 2.24) is 25.1 Å². The number of aliphatic carboxylic acids is 1. The Kier molecular flexibility index (Phi) is 7.63. The van der Waals surface area contributed by atoms with Crippen molar-refractivity contribution in [3.63, 3.8) is 0 Å². The number of nitrogens with one attached hydrogen (secondary N) is 1. The summed E-state index contributed by atoms with van der Waals surface area (Å²) in [7, 11) is 1.62. The maximum absolute atomic E-state index is 10.6. The van der Waals surface area contributed by atoms with Crippen LogP contribution in [0.25, 0.3) is 16.7 Å². The molecule has 3 aromatic rings. The summed E-state index contributed by atoms with van der Waals surface area (Å²) in [5.74, 6) is -0.557. The van der Waals surface area contributed by atoms with Gasteiger partial charge in [0.05, 0.1) is 31.0 Å². The van der Waals surface area contributed by atoms with Gasteiger partial charge in [-0.2, -0.15) is 28.2 Å². The van der Waals surface area contributed by atoms with Gasteiger partial charge in [0.2, 0.25) is 0 Å². The molecule has 0 spiro atoms. The standard InChI is InChI=1S/C24H30N6O2.C2HF3O2/c1-15-9-17-12-26-30(21(17)10-20(15)16-5-7-25-8-6-16)23-11-22(27-24(28-23)31-2)29-13-18-3-4-19(14-29)32-18;3-2(4,5)1(6)7/h9-12,16,18-19,25H,3-8,13-14H2,1-2H3;(H,6,7). The van der Waals surface area contributed by atoms with E-state index in [1.807, 2.05) is 16.9 Å². The summed E-state index contributed by atoms with van der Waals surface area (Å²) in [6.07, 6.45) is 2.02. The fourth-order valence-electron chi connectivity index (χ4n) is 5.52. The molecule has 3 aliphatic rings. The maximum Gasteiger partial charge on any atom is 0.490 e. The molecular formula is C26H31F3N6O4. The van der Waals surface area contributed by atoms with E-state index in [4.69, 9.17) is 24.5 Å². The fraction of sp³-hybridized carbons (Fsp3) is 0.538. The molecule has 210 valence electrons. The van der Waals surface area contributed by atoms with E-state index in [0.717, 1.165) is 61.6 Å². The number of alkyl halides is 3. The monoisotopic (exact) mass is 548 g/mol. The number of rotatable bonds is 4. The van der Waals surface area contributed by atoms with Crippen molar-refractivity contribution in [3.8, 4) is 11.8 Å². The highest BCUT2D eigenvalue weighted by Gasteiger charge is 2.38. The fourth-order valence-corrected chi connectivity index (χ4v) is 5.52. The number of fused-ring (bicyclic) bond motifs is 3. The van der Waals surface area contributed by atoms with Gasteiger partial charge in [-0.3, -0.25) is 0 Å².